The van der Waals surface area contributed by atoms with Gasteiger partial charge in [0.05, 0.1) is 11.6 Å². The Morgan fingerprint density at radius 2 is 1.71 bits per heavy atom. The fourth-order valence-corrected chi connectivity index (χ4v) is 3.59. The number of Topliss-reactive ketones (excluding diaryl/α,β-unsaturated/α-hetero) is 1. The van der Waals surface area contributed by atoms with Gasteiger partial charge in [0.1, 0.15) is 5.76 Å². The van der Waals surface area contributed by atoms with Crippen LogP contribution in [-0.4, -0.2) is 33.2 Å². The predicted molar refractivity (Wildman–Crippen MR) is 109 cm³/mol. The number of likely N-dealkylation sites (tertiary alicyclic amines) is 1. The molecule has 0 aliphatic carbocycles. The van der Waals surface area contributed by atoms with Crippen LogP contribution in [0.3, 0.4) is 0 Å². The van der Waals surface area contributed by atoms with Gasteiger partial charge in [0.25, 0.3) is 11.7 Å². The summed E-state index contributed by atoms with van der Waals surface area (Å²) >= 11 is 0. The van der Waals surface area contributed by atoms with E-state index in [4.69, 9.17) is 0 Å². The average Bonchev–Trinajstić information content (AvgIpc) is 2.99. The summed E-state index contributed by atoms with van der Waals surface area (Å²) in [6.45, 7) is 4.67. The van der Waals surface area contributed by atoms with Crippen molar-refractivity contribution in [1.82, 2.24) is 9.88 Å². The van der Waals surface area contributed by atoms with Crippen molar-refractivity contribution in [1.29, 1.82) is 0 Å². The number of aryl methyl sites for hydroxylation is 1. The van der Waals surface area contributed by atoms with Gasteiger partial charge in [0.15, 0.2) is 0 Å². The summed E-state index contributed by atoms with van der Waals surface area (Å²) in [5, 5.41) is 10.9. The number of rotatable bonds is 7. The summed E-state index contributed by atoms with van der Waals surface area (Å²) in [6.07, 6.45) is 6.84. The molecule has 2 aromatic rings. The van der Waals surface area contributed by atoms with Crippen molar-refractivity contribution < 1.29 is 14.7 Å². The fraction of sp³-hybridized carbons (Fsp3) is 0.348. The molecule has 1 atom stereocenters. The predicted octanol–water partition coefficient (Wildman–Crippen LogP) is 4.26. The number of hydrogen-bond acceptors (Lipinski definition) is 4. The van der Waals surface area contributed by atoms with Crippen LogP contribution in [0.1, 0.15) is 55.8 Å². The third-order valence-electron chi connectivity index (χ3n) is 5.20. The van der Waals surface area contributed by atoms with Gasteiger partial charge >= 0.3 is 0 Å². The van der Waals surface area contributed by atoms with Crippen LogP contribution in [0.25, 0.3) is 5.76 Å². The topological polar surface area (TPSA) is 70.5 Å². The molecule has 5 nitrogen and oxygen atoms in total. The Labute approximate surface area is 165 Å². The van der Waals surface area contributed by atoms with E-state index in [1.807, 2.05) is 24.3 Å². The van der Waals surface area contributed by atoms with Crippen LogP contribution < -0.4 is 0 Å². The second kappa shape index (κ2) is 8.83. The molecule has 1 N–H and O–H groups in total. The van der Waals surface area contributed by atoms with Gasteiger partial charge in [-0.05, 0) is 36.1 Å². The van der Waals surface area contributed by atoms with Gasteiger partial charge in [-0.1, -0.05) is 51.0 Å². The van der Waals surface area contributed by atoms with E-state index in [1.165, 1.54) is 5.56 Å². The van der Waals surface area contributed by atoms with E-state index < -0.39 is 17.7 Å². The highest BCUT2D eigenvalue weighted by atomic mass is 16.3. The second-order valence-corrected chi connectivity index (χ2v) is 7.03. The van der Waals surface area contributed by atoms with Crippen molar-refractivity contribution in [3.05, 3.63) is 71.1 Å². The molecular formula is C23H26N2O3. The van der Waals surface area contributed by atoms with Crippen LogP contribution in [0.5, 0.6) is 0 Å². The molecule has 0 spiro atoms. The number of benzene rings is 1. The molecule has 0 bridgehead atoms. The zero-order valence-electron chi connectivity index (χ0n) is 16.4. The third kappa shape index (κ3) is 3.84. The Morgan fingerprint density at radius 3 is 2.32 bits per heavy atom. The molecule has 2 heterocycles. The van der Waals surface area contributed by atoms with Crippen molar-refractivity contribution in [2.24, 2.45) is 0 Å². The molecule has 1 amide bonds. The first-order valence-electron chi connectivity index (χ1n) is 9.86. The molecule has 1 aliphatic rings. The first-order valence-corrected chi connectivity index (χ1v) is 9.86. The number of carbonyl (C=O) groups is 2. The highest BCUT2D eigenvalue weighted by molar-refractivity contribution is 6.46. The van der Waals surface area contributed by atoms with Gasteiger partial charge in [-0.2, -0.15) is 0 Å². The molecule has 1 saturated heterocycles. The normalized spacial score (nSPS) is 18.6. The van der Waals surface area contributed by atoms with Crippen LogP contribution >= 0.6 is 0 Å². The lowest BCUT2D eigenvalue weighted by molar-refractivity contribution is -0.139. The molecule has 1 aliphatic heterocycles. The zero-order valence-corrected chi connectivity index (χ0v) is 16.4. The first-order chi connectivity index (χ1) is 13.6. The number of amides is 1. The van der Waals surface area contributed by atoms with Crippen molar-refractivity contribution >= 4 is 17.4 Å². The van der Waals surface area contributed by atoms with Gasteiger partial charge in [0, 0.05) is 24.5 Å². The highest BCUT2D eigenvalue weighted by Crippen LogP contribution is 2.39. The quantitative estimate of drug-likeness (QED) is 0.338. The van der Waals surface area contributed by atoms with E-state index in [9.17, 15) is 14.7 Å². The molecule has 0 radical (unpaired) electrons. The van der Waals surface area contributed by atoms with Crippen molar-refractivity contribution in [2.75, 3.05) is 6.54 Å². The van der Waals surface area contributed by atoms with Crippen LogP contribution in [0, 0.1) is 0 Å². The van der Waals surface area contributed by atoms with E-state index in [1.54, 1.807) is 29.4 Å². The number of unbranched alkanes of at least 4 members (excludes halogenated alkanes) is 2. The molecule has 3 rings (SSSR count). The molecular weight excluding hydrogens is 352 g/mol. The monoisotopic (exact) mass is 378 g/mol. The maximum atomic E-state index is 12.8. The zero-order chi connectivity index (χ0) is 20.1. The Kier molecular flexibility index (Phi) is 6.24. The van der Waals surface area contributed by atoms with Gasteiger partial charge in [-0.3, -0.25) is 14.6 Å². The number of nitrogens with zero attached hydrogens (tertiary/aromatic N) is 2. The van der Waals surface area contributed by atoms with Crippen LogP contribution in [-0.2, 0) is 16.0 Å². The maximum Gasteiger partial charge on any atom is 0.295 e. The Bertz CT molecular complexity index is 872. The number of aliphatic hydroxyl groups is 1. The largest absolute Gasteiger partial charge is 0.507 e. The van der Waals surface area contributed by atoms with E-state index in [-0.39, 0.29) is 11.3 Å². The molecule has 28 heavy (non-hydrogen) atoms. The average molecular weight is 378 g/mol. The standard InChI is InChI=1S/C23H26N2O3/c1-3-5-6-15-25-20(17-9-7-16(4-2)8-10-17)19(22(27)23(25)28)21(26)18-11-13-24-14-12-18/h7-14,20,26H,3-6,15H2,1-2H3/b21-19-. The Balaban J connectivity index is 2.09. The highest BCUT2D eigenvalue weighted by Gasteiger charge is 2.45. The summed E-state index contributed by atoms with van der Waals surface area (Å²) in [5.41, 5.74) is 2.65. The number of pyridine rings is 1. The maximum absolute atomic E-state index is 12.8. The van der Waals surface area contributed by atoms with Crippen molar-refractivity contribution in [2.45, 2.75) is 45.6 Å². The fourth-order valence-electron chi connectivity index (χ4n) is 3.59. The Morgan fingerprint density at radius 1 is 1.04 bits per heavy atom. The minimum atomic E-state index is -0.629. The number of aromatic nitrogens is 1. The summed E-state index contributed by atoms with van der Waals surface area (Å²) in [5.74, 6) is -1.32. The summed E-state index contributed by atoms with van der Waals surface area (Å²) in [7, 11) is 0. The molecule has 1 unspecified atom stereocenters. The van der Waals surface area contributed by atoms with E-state index in [0.717, 1.165) is 31.2 Å². The number of aliphatic hydroxyl groups excluding tert-OH is 1. The van der Waals surface area contributed by atoms with E-state index in [2.05, 4.69) is 18.8 Å². The van der Waals surface area contributed by atoms with Gasteiger partial charge in [0.2, 0.25) is 0 Å². The van der Waals surface area contributed by atoms with E-state index in [0.29, 0.717) is 12.1 Å². The SMILES string of the molecule is CCCCCN1C(=O)C(=O)/C(=C(\O)c2ccncc2)C1c1ccc(CC)cc1. The summed E-state index contributed by atoms with van der Waals surface area (Å²) < 4.78 is 0. The minimum absolute atomic E-state index is 0.150. The lowest BCUT2D eigenvalue weighted by atomic mass is 9.94. The number of carbonyl (C=O) groups excluding carboxylic acids is 2. The molecule has 1 aromatic heterocycles. The molecule has 146 valence electrons. The van der Waals surface area contributed by atoms with Crippen LogP contribution in [0.15, 0.2) is 54.4 Å². The lowest BCUT2D eigenvalue weighted by Gasteiger charge is -2.25. The smallest absolute Gasteiger partial charge is 0.295 e. The van der Waals surface area contributed by atoms with E-state index >= 15 is 0 Å². The van der Waals surface area contributed by atoms with Gasteiger partial charge in [-0.25, -0.2) is 0 Å². The minimum Gasteiger partial charge on any atom is -0.507 e. The molecule has 1 aromatic carbocycles. The van der Waals surface area contributed by atoms with Gasteiger partial charge < -0.3 is 10.0 Å². The first kappa shape index (κ1) is 19.8. The van der Waals surface area contributed by atoms with Crippen molar-refractivity contribution in [3.8, 4) is 0 Å². The summed E-state index contributed by atoms with van der Waals surface area (Å²) in [6, 6.07) is 10.6. The lowest BCUT2D eigenvalue weighted by Crippen LogP contribution is -2.30. The van der Waals surface area contributed by atoms with Crippen molar-refractivity contribution in [3.63, 3.8) is 0 Å². The molecule has 5 heteroatoms. The molecule has 0 saturated carbocycles. The van der Waals surface area contributed by atoms with Gasteiger partial charge in [-0.15, -0.1) is 0 Å². The van der Waals surface area contributed by atoms with Crippen LogP contribution in [0.2, 0.25) is 0 Å². The number of hydrogen-bond donors (Lipinski definition) is 1. The van der Waals surface area contributed by atoms with Crippen LogP contribution in [0.4, 0.5) is 0 Å². The number of ketones is 1. The second-order valence-electron chi connectivity index (χ2n) is 7.03. The third-order valence-corrected chi connectivity index (χ3v) is 5.20. The molecule has 1 fully saturated rings. The summed E-state index contributed by atoms with van der Waals surface area (Å²) in [4.78, 5) is 31.2. The Hall–Kier alpha value is -2.95.